The average molecular weight is 355 g/mol. The van der Waals surface area contributed by atoms with Crippen molar-refractivity contribution in [3.8, 4) is 0 Å². The van der Waals surface area contributed by atoms with E-state index in [-0.39, 0.29) is 23.9 Å². The Kier molecular flexibility index (Phi) is 4.10. The number of rotatable bonds is 3. The summed E-state index contributed by atoms with van der Waals surface area (Å²) >= 11 is 0. The lowest BCUT2D eigenvalue weighted by Crippen LogP contribution is -2.40. The zero-order valence-corrected chi connectivity index (χ0v) is 14.9. The van der Waals surface area contributed by atoms with Gasteiger partial charge in [0.15, 0.2) is 0 Å². The van der Waals surface area contributed by atoms with E-state index in [1.165, 1.54) is 4.40 Å². The van der Waals surface area contributed by atoms with Crippen molar-refractivity contribution in [1.82, 2.24) is 24.4 Å². The maximum Gasteiger partial charge on any atom is 0.259 e. The standard InChI is InChI=1S/C18H21N5O3/c1-11-13(12(2)26-21-11)9-16(24)22-7-4-3-5-15(22)14-10-17(25)23-8-6-19-18(23)20-14/h6,8,10,15H,3-5,7,9H2,1-2H3,(H,19,20)/t15-/m0/s1. The second-order valence-corrected chi connectivity index (χ2v) is 6.76. The zero-order chi connectivity index (χ0) is 18.3. The SMILES string of the molecule is Cc1noc(C)c1CC(=O)N1CCCC[C@H]1c1cc(=O)n2ccnc2[nH]1. The number of aryl methyl sites for hydroxylation is 2. The number of hydrogen-bond acceptors (Lipinski definition) is 5. The predicted molar refractivity (Wildman–Crippen MR) is 93.8 cm³/mol. The van der Waals surface area contributed by atoms with E-state index in [2.05, 4.69) is 15.1 Å². The first-order chi connectivity index (χ1) is 12.5. The van der Waals surface area contributed by atoms with Crippen LogP contribution in [0.2, 0.25) is 0 Å². The Morgan fingerprint density at radius 1 is 1.38 bits per heavy atom. The number of amides is 1. The smallest absolute Gasteiger partial charge is 0.259 e. The van der Waals surface area contributed by atoms with Crippen molar-refractivity contribution in [2.24, 2.45) is 0 Å². The maximum atomic E-state index is 13.0. The largest absolute Gasteiger partial charge is 0.361 e. The molecule has 1 saturated heterocycles. The molecule has 3 aromatic heterocycles. The van der Waals surface area contributed by atoms with Crippen LogP contribution < -0.4 is 5.56 Å². The van der Waals surface area contributed by atoms with E-state index in [0.29, 0.717) is 18.1 Å². The topological polar surface area (TPSA) is 96.5 Å². The van der Waals surface area contributed by atoms with Gasteiger partial charge in [-0.3, -0.25) is 14.0 Å². The molecule has 0 saturated carbocycles. The molecule has 0 spiro atoms. The molecule has 1 atom stereocenters. The molecule has 0 aliphatic carbocycles. The van der Waals surface area contributed by atoms with E-state index >= 15 is 0 Å². The van der Waals surface area contributed by atoms with Gasteiger partial charge in [0.05, 0.1) is 18.2 Å². The summed E-state index contributed by atoms with van der Waals surface area (Å²) in [6.07, 6.45) is 6.26. The Labute approximate surface area is 149 Å². The van der Waals surface area contributed by atoms with E-state index in [1.54, 1.807) is 18.5 Å². The lowest BCUT2D eigenvalue weighted by atomic mass is 9.97. The Balaban J connectivity index is 1.65. The van der Waals surface area contributed by atoms with Gasteiger partial charge in [-0.2, -0.15) is 0 Å². The van der Waals surface area contributed by atoms with Crippen molar-refractivity contribution in [3.63, 3.8) is 0 Å². The predicted octanol–water partition coefficient (Wildman–Crippen LogP) is 1.92. The number of nitrogens with zero attached hydrogens (tertiary/aromatic N) is 4. The van der Waals surface area contributed by atoms with Gasteiger partial charge in [0, 0.05) is 36.3 Å². The summed E-state index contributed by atoms with van der Waals surface area (Å²) in [7, 11) is 0. The molecule has 8 heteroatoms. The molecule has 26 heavy (non-hydrogen) atoms. The van der Waals surface area contributed by atoms with Crippen molar-refractivity contribution < 1.29 is 9.32 Å². The van der Waals surface area contributed by atoms with Crippen molar-refractivity contribution in [1.29, 1.82) is 0 Å². The number of carbonyl (C=O) groups excluding carboxylic acids is 1. The van der Waals surface area contributed by atoms with Crippen molar-refractivity contribution in [3.05, 3.63) is 51.5 Å². The normalized spacial score (nSPS) is 17.8. The average Bonchev–Trinajstić information content (AvgIpc) is 3.24. The van der Waals surface area contributed by atoms with Crippen LogP contribution >= 0.6 is 0 Å². The van der Waals surface area contributed by atoms with E-state index in [4.69, 9.17) is 4.52 Å². The Morgan fingerprint density at radius 3 is 3.00 bits per heavy atom. The molecule has 0 aromatic carbocycles. The highest BCUT2D eigenvalue weighted by Gasteiger charge is 2.30. The number of fused-ring (bicyclic) bond motifs is 1. The number of aromatic amines is 1. The summed E-state index contributed by atoms with van der Waals surface area (Å²) < 4.78 is 6.63. The Hall–Kier alpha value is -2.90. The highest BCUT2D eigenvalue weighted by molar-refractivity contribution is 5.79. The van der Waals surface area contributed by atoms with Crippen LogP contribution in [0.15, 0.2) is 27.8 Å². The molecule has 1 fully saturated rings. The molecule has 3 aromatic rings. The van der Waals surface area contributed by atoms with Gasteiger partial charge in [-0.1, -0.05) is 5.16 Å². The molecule has 1 amide bonds. The minimum absolute atomic E-state index is 0.0214. The first-order valence-electron chi connectivity index (χ1n) is 8.82. The Morgan fingerprint density at radius 2 is 2.23 bits per heavy atom. The first-order valence-corrected chi connectivity index (χ1v) is 8.82. The van der Waals surface area contributed by atoms with Crippen LogP contribution in [-0.2, 0) is 11.2 Å². The highest BCUT2D eigenvalue weighted by Crippen LogP contribution is 2.30. The summed E-state index contributed by atoms with van der Waals surface area (Å²) in [5.41, 5.74) is 2.18. The number of imidazole rings is 1. The summed E-state index contributed by atoms with van der Waals surface area (Å²) in [4.78, 5) is 34.5. The molecule has 0 bridgehead atoms. The van der Waals surface area contributed by atoms with Crippen molar-refractivity contribution in [2.45, 2.75) is 45.6 Å². The number of likely N-dealkylation sites (tertiary alicyclic amines) is 1. The molecule has 8 nitrogen and oxygen atoms in total. The molecule has 4 rings (SSSR count). The molecule has 1 aliphatic heterocycles. The number of H-pyrrole nitrogens is 1. The molecular formula is C18H21N5O3. The first kappa shape index (κ1) is 16.6. The van der Waals surface area contributed by atoms with E-state index < -0.39 is 0 Å². The van der Waals surface area contributed by atoms with Gasteiger partial charge >= 0.3 is 0 Å². The third kappa shape index (κ3) is 2.81. The van der Waals surface area contributed by atoms with Gasteiger partial charge in [0.1, 0.15) is 5.76 Å². The fourth-order valence-corrected chi connectivity index (χ4v) is 3.68. The summed E-state index contributed by atoms with van der Waals surface area (Å²) in [6.45, 7) is 4.34. The summed E-state index contributed by atoms with van der Waals surface area (Å²) in [5.74, 6) is 1.20. The molecule has 0 radical (unpaired) electrons. The number of aromatic nitrogens is 4. The molecule has 0 unspecified atom stereocenters. The maximum absolute atomic E-state index is 13.0. The monoisotopic (exact) mass is 355 g/mol. The van der Waals surface area contributed by atoms with Crippen LogP contribution in [0.4, 0.5) is 0 Å². The lowest BCUT2D eigenvalue weighted by Gasteiger charge is -2.35. The third-order valence-electron chi connectivity index (χ3n) is 5.10. The summed E-state index contributed by atoms with van der Waals surface area (Å²) in [6, 6.07) is 1.42. The highest BCUT2D eigenvalue weighted by atomic mass is 16.5. The van der Waals surface area contributed by atoms with Crippen molar-refractivity contribution in [2.75, 3.05) is 6.54 Å². The number of carbonyl (C=O) groups is 1. The van der Waals surface area contributed by atoms with Crippen LogP contribution in [0.5, 0.6) is 0 Å². The van der Waals surface area contributed by atoms with Crippen LogP contribution in [0.1, 0.15) is 48.0 Å². The zero-order valence-electron chi connectivity index (χ0n) is 14.9. The molecule has 4 heterocycles. The lowest BCUT2D eigenvalue weighted by molar-refractivity contribution is -0.134. The molecule has 1 aliphatic rings. The fraction of sp³-hybridized carbons (Fsp3) is 0.444. The van der Waals surface area contributed by atoms with Gasteiger partial charge in [0.25, 0.3) is 5.56 Å². The van der Waals surface area contributed by atoms with Crippen LogP contribution in [0.25, 0.3) is 5.78 Å². The van der Waals surface area contributed by atoms with Gasteiger partial charge in [0.2, 0.25) is 11.7 Å². The van der Waals surface area contributed by atoms with Crippen LogP contribution in [0.3, 0.4) is 0 Å². The van der Waals surface area contributed by atoms with Gasteiger partial charge in [-0.05, 0) is 33.1 Å². The molecule has 136 valence electrons. The molecule has 1 N–H and O–H groups in total. The second kappa shape index (κ2) is 6.44. The fourth-order valence-electron chi connectivity index (χ4n) is 3.68. The van der Waals surface area contributed by atoms with Gasteiger partial charge in [-0.25, -0.2) is 4.98 Å². The van der Waals surface area contributed by atoms with Gasteiger partial charge in [-0.15, -0.1) is 0 Å². The van der Waals surface area contributed by atoms with Crippen LogP contribution in [-0.4, -0.2) is 36.9 Å². The minimum atomic E-state index is -0.147. The minimum Gasteiger partial charge on any atom is -0.361 e. The quantitative estimate of drug-likeness (QED) is 0.774. The molecular weight excluding hydrogens is 334 g/mol. The number of nitrogens with one attached hydrogen (secondary N) is 1. The van der Waals surface area contributed by atoms with Crippen LogP contribution in [0, 0.1) is 13.8 Å². The van der Waals surface area contributed by atoms with E-state index in [0.717, 1.165) is 36.2 Å². The summed E-state index contributed by atoms with van der Waals surface area (Å²) in [5, 5.41) is 3.93. The second-order valence-electron chi connectivity index (χ2n) is 6.76. The van der Waals surface area contributed by atoms with Crippen molar-refractivity contribution >= 4 is 11.7 Å². The van der Waals surface area contributed by atoms with E-state index in [1.807, 2.05) is 18.7 Å². The third-order valence-corrected chi connectivity index (χ3v) is 5.10. The van der Waals surface area contributed by atoms with Gasteiger partial charge < -0.3 is 14.4 Å². The number of hydrogen-bond donors (Lipinski definition) is 1. The van der Waals surface area contributed by atoms with E-state index in [9.17, 15) is 9.59 Å². The Bertz CT molecular complexity index is 996. The number of piperidine rings is 1.